The van der Waals surface area contributed by atoms with Gasteiger partial charge in [0.05, 0.1) is 34.2 Å². The molecular formula is C46H76N2O6. The molecule has 2 aromatic carbocycles. The van der Waals surface area contributed by atoms with E-state index in [1.54, 1.807) is 24.3 Å². The first kappa shape index (κ1) is 47.3. The van der Waals surface area contributed by atoms with E-state index in [9.17, 15) is 20.2 Å². The Morgan fingerprint density at radius 1 is 0.407 bits per heavy atom. The highest BCUT2D eigenvalue weighted by molar-refractivity contribution is 5.70. The van der Waals surface area contributed by atoms with Crippen molar-refractivity contribution in [1.29, 1.82) is 0 Å². The van der Waals surface area contributed by atoms with E-state index in [4.69, 9.17) is 9.47 Å². The normalized spacial score (nSPS) is 11.4. The molecule has 8 nitrogen and oxygen atoms in total. The van der Waals surface area contributed by atoms with Gasteiger partial charge in [-0.1, -0.05) is 193 Å². The second-order valence-electron chi connectivity index (χ2n) is 15.5. The van der Waals surface area contributed by atoms with Gasteiger partial charge in [0, 0.05) is 25.3 Å². The van der Waals surface area contributed by atoms with Crippen LogP contribution in [-0.2, 0) is 22.7 Å². The van der Waals surface area contributed by atoms with Gasteiger partial charge in [0.15, 0.2) is 0 Å². The lowest BCUT2D eigenvalue weighted by atomic mass is 10.00. The summed E-state index contributed by atoms with van der Waals surface area (Å²) in [6.45, 7) is 6.02. The topological polar surface area (TPSA) is 105 Å². The summed E-state index contributed by atoms with van der Waals surface area (Å²) < 4.78 is 11.7. The number of hydrogen-bond acceptors (Lipinski definition) is 6. The summed E-state index contributed by atoms with van der Waals surface area (Å²) in [4.78, 5) is 23.1. The molecule has 0 aliphatic rings. The minimum absolute atomic E-state index is 0.0308. The number of unbranched alkanes of at least 4 members (excludes halogenated alkanes) is 26. The van der Waals surface area contributed by atoms with Gasteiger partial charge in [0.2, 0.25) is 0 Å². The molecule has 0 fully saturated rings. The van der Waals surface area contributed by atoms with Gasteiger partial charge in [0.25, 0.3) is 11.4 Å². The molecule has 306 valence electrons. The molecule has 2 rings (SSSR count). The molecule has 0 atom stereocenters. The lowest BCUT2D eigenvalue weighted by molar-refractivity contribution is -0.386. The molecular weight excluding hydrogens is 677 g/mol. The molecule has 0 amide bonds. The molecule has 0 bridgehead atoms. The molecule has 2 aromatic rings. The fourth-order valence-electron chi connectivity index (χ4n) is 7.23. The van der Waals surface area contributed by atoms with E-state index >= 15 is 0 Å². The Morgan fingerprint density at radius 2 is 0.667 bits per heavy atom. The molecule has 0 N–H and O–H groups in total. The summed E-state index contributed by atoms with van der Waals surface area (Å²) >= 11 is 0. The first-order valence-electron chi connectivity index (χ1n) is 22.2. The van der Waals surface area contributed by atoms with Gasteiger partial charge in [-0.25, -0.2) is 0 Å². The molecule has 0 spiro atoms. The lowest BCUT2D eigenvalue weighted by Crippen LogP contribution is -2.02. The Balaban J connectivity index is 1.64. The highest BCUT2D eigenvalue weighted by Crippen LogP contribution is 2.32. The number of nitro groups is 2. The lowest BCUT2D eigenvalue weighted by Gasteiger charge is -2.10. The molecule has 0 radical (unpaired) electrons. The largest absolute Gasteiger partial charge is 0.377 e. The molecule has 8 heteroatoms. The van der Waals surface area contributed by atoms with Crippen molar-refractivity contribution >= 4 is 11.4 Å². The Hall–Kier alpha value is -2.84. The summed E-state index contributed by atoms with van der Waals surface area (Å²) in [6.07, 6.45) is 36.2. The minimum Gasteiger partial charge on any atom is -0.377 e. The van der Waals surface area contributed by atoms with Gasteiger partial charge in [-0.05, 0) is 36.1 Å². The van der Waals surface area contributed by atoms with E-state index < -0.39 is 9.85 Å². The Labute approximate surface area is 328 Å². The summed E-state index contributed by atoms with van der Waals surface area (Å²) in [5, 5.41) is 23.9. The zero-order valence-electron chi connectivity index (χ0n) is 34.4. The second-order valence-corrected chi connectivity index (χ2v) is 15.5. The van der Waals surface area contributed by atoms with Crippen LogP contribution in [0.4, 0.5) is 11.4 Å². The first-order valence-corrected chi connectivity index (χ1v) is 22.2. The van der Waals surface area contributed by atoms with Crippen LogP contribution in [0.5, 0.6) is 0 Å². The predicted molar refractivity (Wildman–Crippen MR) is 225 cm³/mol. The fraction of sp³-hybridized carbons (Fsp3) is 0.739. The molecule has 0 saturated carbocycles. The average Bonchev–Trinajstić information content (AvgIpc) is 3.17. The van der Waals surface area contributed by atoms with Gasteiger partial charge in [-0.3, -0.25) is 20.2 Å². The minimum atomic E-state index is -0.400. The maximum Gasteiger partial charge on any atom is 0.275 e. The van der Waals surface area contributed by atoms with E-state index in [-0.39, 0.29) is 24.6 Å². The quantitative estimate of drug-likeness (QED) is 0.0386. The van der Waals surface area contributed by atoms with Crippen LogP contribution in [0.15, 0.2) is 36.4 Å². The molecule has 54 heavy (non-hydrogen) atoms. The summed E-state index contributed by atoms with van der Waals surface area (Å²) in [5.41, 5.74) is 2.09. The summed E-state index contributed by atoms with van der Waals surface area (Å²) in [7, 11) is 0. The number of nitrogens with zero attached hydrogens (tertiary/aromatic N) is 2. The number of ether oxygens (including phenoxy) is 2. The van der Waals surface area contributed by atoms with Crippen molar-refractivity contribution in [2.75, 3.05) is 13.2 Å². The van der Waals surface area contributed by atoms with Crippen molar-refractivity contribution in [1.82, 2.24) is 0 Å². The predicted octanol–water partition coefficient (Wildman–Crippen LogP) is 15.2. The first-order chi connectivity index (χ1) is 26.5. The van der Waals surface area contributed by atoms with Crippen LogP contribution in [0.3, 0.4) is 0 Å². The van der Waals surface area contributed by atoms with Crippen molar-refractivity contribution in [3.63, 3.8) is 0 Å². The summed E-state index contributed by atoms with van der Waals surface area (Å²) in [6, 6.07) is 9.97. The SMILES string of the molecule is CCCCCCCCCCCCCCCCOCc1ccc(-c2ccc(COCCCCCCCCCCCCCCCC)c([N+](=O)[O-])c2)cc1[N+](=O)[O-]. The smallest absolute Gasteiger partial charge is 0.275 e. The maximum absolute atomic E-state index is 12.0. The van der Waals surface area contributed by atoms with Gasteiger partial charge in [-0.15, -0.1) is 0 Å². The number of benzene rings is 2. The number of rotatable bonds is 37. The highest BCUT2D eigenvalue weighted by Gasteiger charge is 2.19. The zero-order chi connectivity index (χ0) is 38.9. The summed E-state index contributed by atoms with van der Waals surface area (Å²) in [5.74, 6) is 0. The van der Waals surface area contributed by atoms with Gasteiger partial charge >= 0.3 is 0 Å². The number of nitro benzene ring substituents is 2. The van der Waals surface area contributed by atoms with Crippen molar-refractivity contribution < 1.29 is 19.3 Å². The van der Waals surface area contributed by atoms with E-state index in [0.29, 0.717) is 35.5 Å². The van der Waals surface area contributed by atoms with Crippen LogP contribution < -0.4 is 0 Å². The molecule has 0 heterocycles. The third-order valence-electron chi connectivity index (χ3n) is 10.7. The molecule has 0 aromatic heterocycles. The Morgan fingerprint density at radius 3 is 0.926 bits per heavy atom. The second kappa shape index (κ2) is 32.4. The molecule has 0 saturated heterocycles. The van der Waals surface area contributed by atoms with Crippen LogP contribution in [0, 0.1) is 20.2 Å². The zero-order valence-corrected chi connectivity index (χ0v) is 34.4. The van der Waals surface area contributed by atoms with E-state index in [1.807, 2.05) is 0 Å². The Kier molecular flexibility index (Phi) is 28.4. The van der Waals surface area contributed by atoms with Gasteiger partial charge in [-0.2, -0.15) is 0 Å². The van der Waals surface area contributed by atoms with Crippen molar-refractivity contribution in [2.45, 2.75) is 207 Å². The molecule has 0 aliphatic heterocycles. The van der Waals surface area contributed by atoms with Crippen LogP contribution in [0.1, 0.15) is 205 Å². The highest BCUT2D eigenvalue weighted by atomic mass is 16.6. The van der Waals surface area contributed by atoms with Crippen LogP contribution in [0.2, 0.25) is 0 Å². The molecule has 0 aliphatic carbocycles. The van der Waals surface area contributed by atoms with Crippen LogP contribution in [0.25, 0.3) is 11.1 Å². The fourth-order valence-corrected chi connectivity index (χ4v) is 7.23. The van der Waals surface area contributed by atoms with Crippen molar-refractivity contribution in [3.05, 3.63) is 67.8 Å². The van der Waals surface area contributed by atoms with Crippen molar-refractivity contribution in [3.8, 4) is 11.1 Å². The van der Waals surface area contributed by atoms with E-state index in [0.717, 1.165) is 25.7 Å². The van der Waals surface area contributed by atoms with E-state index in [1.165, 1.54) is 166 Å². The average molecular weight is 753 g/mol. The monoisotopic (exact) mass is 753 g/mol. The maximum atomic E-state index is 12.0. The van der Waals surface area contributed by atoms with Crippen LogP contribution >= 0.6 is 0 Å². The van der Waals surface area contributed by atoms with Gasteiger partial charge < -0.3 is 9.47 Å². The Bertz CT molecular complexity index is 1160. The number of hydrogen-bond donors (Lipinski definition) is 0. The van der Waals surface area contributed by atoms with Crippen molar-refractivity contribution in [2.24, 2.45) is 0 Å². The van der Waals surface area contributed by atoms with Gasteiger partial charge in [0.1, 0.15) is 0 Å². The van der Waals surface area contributed by atoms with E-state index in [2.05, 4.69) is 13.8 Å². The third kappa shape index (κ3) is 22.5. The standard InChI is InChI=1S/C46H76N2O6/c1-3-5-7-9-11-13-15-17-19-21-23-25-27-29-35-53-39-43-33-31-41(37-45(43)47(49)50)42-32-34-44(46(38-42)48(51)52)40-54-36-30-28-26-24-22-20-18-16-14-12-10-8-6-4-2/h31-34,37-38H,3-30,35-36,39-40H2,1-2H3. The van der Waals surface area contributed by atoms with Crippen LogP contribution in [-0.4, -0.2) is 23.1 Å². The molecule has 0 unspecified atom stereocenters. The third-order valence-corrected chi connectivity index (χ3v) is 10.7.